The monoisotopic (exact) mass is 789 g/mol. The van der Waals surface area contributed by atoms with Gasteiger partial charge in [-0.2, -0.15) is 0 Å². The van der Waals surface area contributed by atoms with Crippen LogP contribution in [0.5, 0.6) is 0 Å². The summed E-state index contributed by atoms with van der Waals surface area (Å²) in [6, 6.07) is 29.4. The van der Waals surface area contributed by atoms with E-state index >= 15 is 0 Å². The van der Waals surface area contributed by atoms with Gasteiger partial charge in [-0.15, -0.1) is 34.4 Å². The summed E-state index contributed by atoms with van der Waals surface area (Å²) < 4.78 is 1.95. The molecular weight excluding hydrogens is 755 g/mol. The number of rotatable bonds is 12. The van der Waals surface area contributed by atoms with E-state index in [0.29, 0.717) is 5.13 Å². The van der Waals surface area contributed by atoms with E-state index < -0.39 is 34.2 Å². The molecule has 55 heavy (non-hydrogen) atoms. The van der Waals surface area contributed by atoms with Gasteiger partial charge in [0.1, 0.15) is 46.3 Å². The summed E-state index contributed by atoms with van der Waals surface area (Å²) >= 11 is 4.15. The number of hydrogen-bond acceptors (Lipinski definition) is 11. The maximum atomic E-state index is 13.8. The molecule has 0 spiro atoms. The van der Waals surface area contributed by atoms with Gasteiger partial charge in [-0.3, -0.25) is 18.8 Å². The Labute approximate surface area is 328 Å². The van der Waals surface area contributed by atoms with E-state index in [1.54, 1.807) is 24.0 Å². The highest BCUT2D eigenvalue weighted by Crippen LogP contribution is 2.44. The molecule has 8 rings (SSSR count). The number of oxime groups is 1. The number of nitrogens with zero attached hydrogens (tertiary/aromatic N) is 5. The number of aliphatic carboxylic acids is 1. The highest BCUT2D eigenvalue weighted by molar-refractivity contribution is 8.00. The zero-order chi connectivity index (χ0) is 38.2. The fourth-order valence-electron chi connectivity index (χ4n) is 7.09. The zero-order valence-electron chi connectivity index (χ0n) is 29.7. The first kappa shape index (κ1) is 36.2. The summed E-state index contributed by atoms with van der Waals surface area (Å²) in [5.41, 5.74) is 1.97. The van der Waals surface area contributed by atoms with E-state index in [1.165, 1.54) is 46.4 Å². The number of hydrogen-bond donors (Lipinski definition) is 3. The van der Waals surface area contributed by atoms with Crippen molar-refractivity contribution in [1.29, 1.82) is 0 Å². The highest BCUT2D eigenvalue weighted by atomic mass is 32.2. The van der Waals surface area contributed by atoms with Crippen LogP contribution in [0.15, 0.2) is 120 Å². The number of imidazole rings is 1. The molecule has 1 unspecified atom stereocenters. The van der Waals surface area contributed by atoms with Crippen LogP contribution in [0.2, 0.25) is 0 Å². The molecule has 3 atom stereocenters. The van der Waals surface area contributed by atoms with Crippen LogP contribution in [0.4, 0.5) is 5.13 Å². The van der Waals surface area contributed by atoms with E-state index in [1.807, 2.05) is 72.0 Å². The summed E-state index contributed by atoms with van der Waals surface area (Å²) in [6.07, 6.45) is 6.99. The predicted octanol–water partition coefficient (Wildman–Crippen LogP) is 6.10. The molecular formula is C40H35N7O5S3. The number of amides is 2. The summed E-state index contributed by atoms with van der Waals surface area (Å²) in [4.78, 5) is 57.5. The van der Waals surface area contributed by atoms with E-state index in [4.69, 9.17) is 9.82 Å². The van der Waals surface area contributed by atoms with Gasteiger partial charge in [-0.05, 0) is 29.7 Å². The molecule has 2 aliphatic heterocycles. The van der Waals surface area contributed by atoms with Crippen molar-refractivity contribution in [3.05, 3.63) is 148 Å². The van der Waals surface area contributed by atoms with Gasteiger partial charge in [0, 0.05) is 28.2 Å². The molecule has 0 aliphatic carbocycles. The van der Waals surface area contributed by atoms with Crippen LogP contribution in [0.1, 0.15) is 33.0 Å². The Bertz CT molecular complexity index is 2330. The Kier molecular flexibility index (Phi) is 9.75. The molecule has 278 valence electrons. The number of carboxylic acids is 1. The number of aryl methyl sites for hydroxylation is 1. The lowest BCUT2D eigenvalue weighted by atomic mass is 9.77. The van der Waals surface area contributed by atoms with Crippen LogP contribution in [-0.4, -0.2) is 78.7 Å². The topological polar surface area (TPSA) is 151 Å². The van der Waals surface area contributed by atoms with Gasteiger partial charge < -0.3 is 25.5 Å². The van der Waals surface area contributed by atoms with Gasteiger partial charge in [0.15, 0.2) is 10.8 Å². The van der Waals surface area contributed by atoms with Crippen molar-refractivity contribution in [3.63, 3.8) is 0 Å². The largest absolute Gasteiger partial charge is 0.481 e. The summed E-state index contributed by atoms with van der Waals surface area (Å²) in [7, 11) is 1.34. The average molecular weight is 790 g/mol. The van der Waals surface area contributed by atoms with Crippen LogP contribution in [0, 0.1) is 12.3 Å². The Morgan fingerprint density at radius 3 is 2.24 bits per heavy atom. The lowest BCUT2D eigenvalue weighted by Gasteiger charge is -2.53. The molecule has 3 N–H and O–H groups in total. The number of fused-ring (bicyclic) bond motifs is 2. The minimum absolute atomic E-state index is 0.0152. The molecule has 0 saturated carbocycles. The molecule has 2 amide bonds. The molecule has 5 heterocycles. The fraction of sp³-hybridized carbons (Fsp3) is 0.200. The van der Waals surface area contributed by atoms with Gasteiger partial charge in [-0.1, -0.05) is 102 Å². The predicted molar refractivity (Wildman–Crippen MR) is 215 cm³/mol. The van der Waals surface area contributed by atoms with Crippen molar-refractivity contribution in [2.75, 3.05) is 24.7 Å². The number of carbonyl (C=O) groups excluding carboxylic acids is 2. The van der Waals surface area contributed by atoms with Gasteiger partial charge in [-0.25, -0.2) is 9.97 Å². The van der Waals surface area contributed by atoms with Crippen molar-refractivity contribution in [3.8, 4) is 0 Å². The second kappa shape index (κ2) is 14.8. The van der Waals surface area contributed by atoms with Crippen LogP contribution in [0.25, 0.3) is 10.9 Å². The Morgan fingerprint density at radius 2 is 1.65 bits per heavy atom. The Balaban J connectivity index is 1.01. The molecule has 2 aliphatic rings. The minimum Gasteiger partial charge on any atom is -0.481 e. The zero-order valence-corrected chi connectivity index (χ0v) is 32.1. The molecule has 12 nitrogen and oxygen atoms in total. The maximum Gasteiger partial charge on any atom is 0.316 e. The number of aromatic nitrogens is 3. The molecule has 3 aromatic heterocycles. The summed E-state index contributed by atoms with van der Waals surface area (Å²) in [6.45, 7) is 1.94. The van der Waals surface area contributed by atoms with Crippen molar-refractivity contribution in [2.24, 2.45) is 10.6 Å². The van der Waals surface area contributed by atoms with Crippen molar-refractivity contribution in [2.45, 2.75) is 23.9 Å². The third-order valence-corrected chi connectivity index (χ3v) is 13.4. The van der Waals surface area contributed by atoms with Crippen LogP contribution >= 0.6 is 34.4 Å². The summed E-state index contributed by atoms with van der Waals surface area (Å²) in [5, 5.41) is 22.7. The van der Waals surface area contributed by atoms with Crippen molar-refractivity contribution >= 4 is 74.0 Å². The van der Waals surface area contributed by atoms with Crippen LogP contribution in [0.3, 0.4) is 0 Å². The van der Waals surface area contributed by atoms with Gasteiger partial charge >= 0.3 is 5.97 Å². The Hall–Kier alpha value is -5.77. The molecule has 15 heteroatoms. The SMILES string of the molecule is CON=C(C(=O)N[C@@H]1C(=O)N2CC(C=Cc3sc4cncn4c3C)(C(=O)O)CS[C@H]12)c1csc(NC(c2ccccc2)(c2ccccc2)c2ccccc2)n1. The van der Waals surface area contributed by atoms with E-state index in [2.05, 4.69) is 57.2 Å². The summed E-state index contributed by atoms with van der Waals surface area (Å²) in [5.74, 6) is -1.80. The first-order valence-corrected chi connectivity index (χ1v) is 20.1. The lowest BCUT2D eigenvalue weighted by molar-refractivity contribution is -0.155. The molecule has 2 fully saturated rings. The van der Waals surface area contributed by atoms with Crippen molar-refractivity contribution in [1.82, 2.24) is 24.6 Å². The first-order valence-electron chi connectivity index (χ1n) is 17.3. The number of thiazole rings is 2. The minimum atomic E-state index is -1.30. The molecule has 0 radical (unpaired) electrons. The quantitative estimate of drug-likeness (QED) is 0.0579. The third-order valence-electron chi connectivity index (χ3n) is 9.97. The van der Waals surface area contributed by atoms with Crippen molar-refractivity contribution < 1.29 is 24.3 Å². The van der Waals surface area contributed by atoms with Gasteiger partial charge in [0.05, 0.1) is 6.20 Å². The number of carboxylic acid groups (broad SMARTS) is 1. The third kappa shape index (κ3) is 6.47. The number of nitrogens with one attached hydrogen (secondary N) is 2. The molecule has 3 aromatic carbocycles. The molecule has 0 bridgehead atoms. The smallest absolute Gasteiger partial charge is 0.316 e. The number of β-lactam (4-membered cyclic amide) rings is 1. The second-order valence-electron chi connectivity index (χ2n) is 13.2. The lowest BCUT2D eigenvalue weighted by Crippen LogP contribution is -2.73. The second-order valence-corrected chi connectivity index (χ2v) is 16.2. The Morgan fingerprint density at radius 1 is 1.02 bits per heavy atom. The van der Waals surface area contributed by atoms with Gasteiger partial charge in [0.2, 0.25) is 5.91 Å². The number of anilines is 1. The number of thioether (sulfide) groups is 1. The van der Waals surface area contributed by atoms with E-state index in [-0.39, 0.29) is 29.6 Å². The fourth-order valence-corrected chi connectivity index (χ4v) is 10.4. The first-order chi connectivity index (χ1) is 26.7. The number of carbonyl (C=O) groups is 3. The van der Waals surface area contributed by atoms with Gasteiger partial charge in [0.25, 0.3) is 5.91 Å². The standard InChI is InChI=1S/C40H35N7O5S3/c1-25-30(55-31-20-41-24-47(25)31)18-19-39(37(50)51)22-46-35(49)33(36(46)54-23-39)43-34(48)32(45-52-2)29-21-53-38(42-29)44-40(26-12-6-3-7-13-26,27-14-8-4-9-15-27)28-16-10-5-11-17-28/h3-21,24,33,36H,22-23H2,1-2H3,(H,42,44)(H,43,48)(H,50,51)/t33-,36-,39?/m1/s1. The molecule has 2 saturated heterocycles. The average Bonchev–Trinajstić information content (AvgIpc) is 3.96. The number of benzene rings is 3. The van der Waals surface area contributed by atoms with Crippen LogP contribution in [-0.2, 0) is 24.8 Å². The van der Waals surface area contributed by atoms with E-state index in [9.17, 15) is 19.5 Å². The van der Waals surface area contributed by atoms with Crippen LogP contribution < -0.4 is 10.6 Å². The van der Waals surface area contributed by atoms with E-state index in [0.717, 1.165) is 32.1 Å². The maximum absolute atomic E-state index is 13.8. The molecule has 6 aromatic rings. The normalized spacial score (nSPS) is 19.9. The highest BCUT2D eigenvalue weighted by Gasteiger charge is 2.57.